The smallest absolute Gasteiger partial charge is 0.260 e. The van der Waals surface area contributed by atoms with Crippen LogP contribution in [0.25, 0.3) is 0 Å². The van der Waals surface area contributed by atoms with E-state index in [0.717, 1.165) is 12.1 Å². The fourth-order valence-electron chi connectivity index (χ4n) is 1.46. The predicted octanol–water partition coefficient (Wildman–Crippen LogP) is 6.12. The lowest BCUT2D eigenvalue weighted by molar-refractivity contribution is -0.137. The van der Waals surface area contributed by atoms with Gasteiger partial charge in [0.25, 0.3) is 0 Å². The Kier molecular flexibility index (Phi) is 4.69. The third-order valence-corrected chi connectivity index (χ3v) is 2.97. The van der Waals surface area contributed by atoms with Gasteiger partial charge in [0, 0.05) is 5.02 Å². The molecule has 0 aromatic heterocycles. The van der Waals surface area contributed by atoms with Crippen LogP contribution in [0.5, 0.6) is 0 Å². The number of anilines is 1. The molecule has 21 heavy (non-hydrogen) atoms. The van der Waals surface area contributed by atoms with Gasteiger partial charge in [-0.25, -0.2) is 0 Å². The molecule has 2 rings (SSSR count). The zero-order chi connectivity index (χ0) is 15.5. The first-order valence-corrected chi connectivity index (χ1v) is 6.41. The molecule has 0 atom stereocenters. The molecule has 0 bridgehead atoms. The minimum absolute atomic E-state index is 0.165. The first kappa shape index (κ1) is 15.6. The Bertz CT molecular complexity index is 672. The van der Waals surface area contributed by atoms with Crippen molar-refractivity contribution in [2.75, 3.05) is 5.43 Å². The Morgan fingerprint density at radius 3 is 2.43 bits per heavy atom. The topological polar surface area (TPSA) is 36.8 Å². The minimum atomic E-state index is -4.41. The highest BCUT2D eigenvalue weighted by Gasteiger charge is 2.30. The fraction of sp³-hybridized carbons (Fsp3) is 0.0769. The minimum Gasteiger partial charge on any atom is -0.260 e. The molecule has 0 saturated carbocycles. The Labute approximate surface area is 128 Å². The van der Waals surface area contributed by atoms with Crippen LogP contribution in [0.15, 0.2) is 52.8 Å². The average molecular weight is 334 g/mol. The van der Waals surface area contributed by atoms with Crippen molar-refractivity contribution in [1.82, 2.24) is 0 Å². The van der Waals surface area contributed by atoms with Crippen LogP contribution in [-0.4, -0.2) is 0 Å². The summed E-state index contributed by atoms with van der Waals surface area (Å²) in [5, 5.41) is 8.12. The maximum absolute atomic E-state index is 12.5. The van der Waals surface area contributed by atoms with Crippen molar-refractivity contribution in [3.8, 4) is 0 Å². The summed E-state index contributed by atoms with van der Waals surface area (Å²) in [7, 11) is 0. The molecule has 0 radical (unpaired) electrons. The van der Waals surface area contributed by atoms with Crippen molar-refractivity contribution < 1.29 is 13.2 Å². The van der Waals surface area contributed by atoms with Gasteiger partial charge in [0.15, 0.2) is 0 Å². The van der Waals surface area contributed by atoms with E-state index in [9.17, 15) is 13.2 Å². The van der Waals surface area contributed by atoms with E-state index in [2.05, 4.69) is 15.8 Å². The Morgan fingerprint density at radius 1 is 1.00 bits per heavy atom. The molecule has 1 N–H and O–H groups in total. The highest BCUT2D eigenvalue weighted by Crippen LogP contribution is 2.31. The van der Waals surface area contributed by atoms with Gasteiger partial charge in [-0.05, 0) is 36.4 Å². The molecule has 0 saturated heterocycles. The molecule has 0 aliphatic rings. The Balaban J connectivity index is 2.11. The number of benzene rings is 2. The van der Waals surface area contributed by atoms with Crippen LogP contribution < -0.4 is 5.43 Å². The lowest BCUT2D eigenvalue weighted by Crippen LogP contribution is -2.04. The van der Waals surface area contributed by atoms with Gasteiger partial charge in [-0.15, -0.1) is 5.11 Å². The molecule has 110 valence electrons. The van der Waals surface area contributed by atoms with Crippen LogP contribution in [0.4, 0.5) is 24.5 Å². The standard InChI is InChI=1S/C13H8Cl2F3N3/c14-9-4-5-12(11(15)7-9)20-21-19-10-3-1-2-8(6-10)13(16,17)18/h1-7H,(H,19,20). The number of rotatable bonds is 3. The first-order chi connectivity index (χ1) is 9.86. The second-order valence-corrected chi connectivity index (χ2v) is 4.83. The van der Waals surface area contributed by atoms with Crippen molar-refractivity contribution in [1.29, 1.82) is 0 Å². The molecule has 0 unspecified atom stereocenters. The highest BCUT2D eigenvalue weighted by atomic mass is 35.5. The summed E-state index contributed by atoms with van der Waals surface area (Å²) < 4.78 is 37.6. The van der Waals surface area contributed by atoms with E-state index >= 15 is 0 Å². The summed E-state index contributed by atoms with van der Waals surface area (Å²) in [5.41, 5.74) is 2.16. The third-order valence-electron chi connectivity index (χ3n) is 2.44. The quantitative estimate of drug-likeness (QED) is 0.532. The largest absolute Gasteiger partial charge is 0.416 e. The second-order valence-electron chi connectivity index (χ2n) is 3.99. The van der Waals surface area contributed by atoms with E-state index in [1.165, 1.54) is 18.2 Å². The maximum Gasteiger partial charge on any atom is 0.416 e. The molecule has 0 aliphatic carbocycles. The monoisotopic (exact) mass is 333 g/mol. The summed E-state index contributed by atoms with van der Waals surface area (Å²) in [4.78, 5) is 0. The maximum atomic E-state index is 12.5. The van der Waals surface area contributed by atoms with Gasteiger partial charge in [0.1, 0.15) is 5.69 Å². The number of alkyl halides is 3. The molecule has 0 heterocycles. The van der Waals surface area contributed by atoms with E-state index in [4.69, 9.17) is 23.2 Å². The average Bonchev–Trinajstić information content (AvgIpc) is 2.41. The van der Waals surface area contributed by atoms with Crippen molar-refractivity contribution in [2.24, 2.45) is 10.3 Å². The zero-order valence-corrected chi connectivity index (χ0v) is 11.8. The van der Waals surface area contributed by atoms with Gasteiger partial charge in [0.2, 0.25) is 0 Å². The molecule has 0 fully saturated rings. The van der Waals surface area contributed by atoms with E-state index in [-0.39, 0.29) is 10.7 Å². The summed E-state index contributed by atoms with van der Waals surface area (Å²) >= 11 is 11.6. The van der Waals surface area contributed by atoms with E-state index < -0.39 is 11.7 Å². The number of hydrogen-bond donors (Lipinski definition) is 1. The number of nitrogens with one attached hydrogen (secondary N) is 1. The number of halogens is 5. The summed E-state index contributed by atoms with van der Waals surface area (Å²) in [6.07, 6.45) is -4.41. The van der Waals surface area contributed by atoms with Gasteiger partial charge in [-0.2, -0.15) is 13.2 Å². The molecular weight excluding hydrogens is 326 g/mol. The summed E-state index contributed by atoms with van der Waals surface area (Å²) in [5.74, 6) is 0. The molecule has 2 aromatic carbocycles. The van der Waals surface area contributed by atoms with Crippen LogP contribution >= 0.6 is 23.2 Å². The number of hydrogen-bond acceptors (Lipinski definition) is 2. The molecule has 0 spiro atoms. The van der Waals surface area contributed by atoms with Gasteiger partial charge in [0.05, 0.1) is 16.3 Å². The lowest BCUT2D eigenvalue weighted by Gasteiger charge is -2.07. The third kappa shape index (κ3) is 4.34. The summed E-state index contributed by atoms with van der Waals surface area (Å²) in [6.45, 7) is 0. The molecule has 0 aliphatic heterocycles. The summed E-state index contributed by atoms with van der Waals surface area (Å²) in [6, 6.07) is 9.23. The highest BCUT2D eigenvalue weighted by molar-refractivity contribution is 6.36. The van der Waals surface area contributed by atoms with Crippen LogP contribution in [0, 0.1) is 0 Å². The van der Waals surface area contributed by atoms with Crippen molar-refractivity contribution in [2.45, 2.75) is 6.18 Å². The van der Waals surface area contributed by atoms with Crippen LogP contribution in [0.2, 0.25) is 10.0 Å². The van der Waals surface area contributed by atoms with Gasteiger partial charge >= 0.3 is 6.18 Å². The van der Waals surface area contributed by atoms with Gasteiger partial charge < -0.3 is 0 Å². The Morgan fingerprint density at radius 2 is 1.76 bits per heavy atom. The first-order valence-electron chi connectivity index (χ1n) is 5.65. The molecule has 0 amide bonds. The van der Waals surface area contributed by atoms with Crippen LogP contribution in [-0.2, 0) is 6.18 Å². The fourth-order valence-corrected chi connectivity index (χ4v) is 1.91. The van der Waals surface area contributed by atoms with Crippen molar-refractivity contribution >= 4 is 34.6 Å². The van der Waals surface area contributed by atoms with Crippen molar-refractivity contribution in [3.05, 3.63) is 58.1 Å². The molecule has 8 heteroatoms. The molecular formula is C13H8Cl2F3N3. The zero-order valence-electron chi connectivity index (χ0n) is 10.3. The molecule has 2 aromatic rings. The lowest BCUT2D eigenvalue weighted by atomic mass is 10.2. The number of nitrogens with zero attached hydrogens (tertiary/aromatic N) is 2. The van der Waals surface area contributed by atoms with Crippen molar-refractivity contribution in [3.63, 3.8) is 0 Å². The predicted molar refractivity (Wildman–Crippen MR) is 76.0 cm³/mol. The van der Waals surface area contributed by atoms with E-state index in [0.29, 0.717) is 10.7 Å². The molecule has 3 nitrogen and oxygen atoms in total. The van der Waals surface area contributed by atoms with Crippen LogP contribution in [0.1, 0.15) is 5.56 Å². The SMILES string of the molecule is FC(F)(F)c1cccc(NN=Nc2ccc(Cl)cc2Cl)c1. The van der Waals surface area contributed by atoms with Gasteiger partial charge in [-0.1, -0.05) is 34.5 Å². The Hall–Kier alpha value is -1.79. The van der Waals surface area contributed by atoms with Crippen LogP contribution in [0.3, 0.4) is 0 Å². The van der Waals surface area contributed by atoms with E-state index in [1.54, 1.807) is 12.1 Å². The van der Waals surface area contributed by atoms with Gasteiger partial charge in [-0.3, -0.25) is 5.43 Å². The normalized spacial score (nSPS) is 11.9. The van der Waals surface area contributed by atoms with E-state index in [1.807, 2.05) is 0 Å². The second kappa shape index (κ2) is 6.32.